The van der Waals surface area contributed by atoms with Crippen LogP contribution in [0.4, 0.5) is 0 Å². The third-order valence-corrected chi connectivity index (χ3v) is 6.22. The molecule has 0 aromatic carbocycles. The number of hydrogen-bond donors (Lipinski definition) is 2. The first-order valence-electron chi connectivity index (χ1n) is 9.87. The highest BCUT2D eigenvalue weighted by Gasteiger charge is 2.38. The third kappa shape index (κ3) is 4.53. The van der Waals surface area contributed by atoms with Gasteiger partial charge in [0, 0.05) is 25.0 Å². The van der Waals surface area contributed by atoms with Crippen molar-refractivity contribution in [2.45, 2.75) is 82.7 Å². The van der Waals surface area contributed by atoms with Crippen molar-refractivity contribution in [1.29, 1.82) is 0 Å². The van der Waals surface area contributed by atoms with Gasteiger partial charge in [-0.1, -0.05) is 25.7 Å². The molecule has 2 aliphatic carbocycles. The Hall–Kier alpha value is -1.59. The van der Waals surface area contributed by atoms with Crippen LogP contribution in [0, 0.1) is 11.8 Å². The molecule has 0 spiro atoms. The summed E-state index contributed by atoms with van der Waals surface area (Å²) in [5.74, 6) is -1.14. The van der Waals surface area contributed by atoms with Crippen molar-refractivity contribution in [3.8, 4) is 0 Å². The highest BCUT2D eigenvalue weighted by atomic mass is 16.4. The number of carbonyl (C=O) groups is 3. The van der Waals surface area contributed by atoms with E-state index in [0.717, 1.165) is 25.7 Å². The van der Waals surface area contributed by atoms with E-state index in [4.69, 9.17) is 5.11 Å². The third-order valence-electron chi connectivity index (χ3n) is 6.22. The quantitative estimate of drug-likeness (QED) is 0.762. The lowest BCUT2D eigenvalue weighted by Gasteiger charge is -2.29. The molecule has 3 rings (SSSR count). The Kier molecular flexibility index (Phi) is 5.97. The van der Waals surface area contributed by atoms with Gasteiger partial charge in [-0.05, 0) is 38.5 Å². The molecular formula is C19H30N2O4. The largest absolute Gasteiger partial charge is 0.481 e. The van der Waals surface area contributed by atoms with Gasteiger partial charge in [-0.2, -0.15) is 0 Å². The molecule has 0 aromatic heterocycles. The fourth-order valence-corrected chi connectivity index (χ4v) is 4.63. The van der Waals surface area contributed by atoms with Gasteiger partial charge in [-0.3, -0.25) is 14.4 Å². The van der Waals surface area contributed by atoms with Crippen molar-refractivity contribution in [2.24, 2.45) is 11.8 Å². The molecule has 6 nitrogen and oxygen atoms in total. The number of hydrogen-bond acceptors (Lipinski definition) is 3. The molecule has 3 fully saturated rings. The normalized spacial score (nSPS) is 31.6. The number of carboxylic acid groups (broad SMARTS) is 1. The number of aliphatic carboxylic acids is 1. The van der Waals surface area contributed by atoms with Gasteiger partial charge in [0.2, 0.25) is 11.8 Å². The SMILES string of the molecule is O=C(O)C1CCC(NC(=O)[C@H]2CC(=O)N(C3CCCCCC3)C2)CC1. The molecule has 25 heavy (non-hydrogen) atoms. The van der Waals surface area contributed by atoms with Crippen molar-refractivity contribution in [1.82, 2.24) is 10.2 Å². The summed E-state index contributed by atoms with van der Waals surface area (Å²) in [6, 6.07) is 0.379. The van der Waals surface area contributed by atoms with Crippen molar-refractivity contribution in [3.05, 3.63) is 0 Å². The van der Waals surface area contributed by atoms with E-state index in [1.54, 1.807) is 0 Å². The molecule has 140 valence electrons. The van der Waals surface area contributed by atoms with E-state index in [0.29, 0.717) is 31.8 Å². The molecule has 1 saturated heterocycles. The zero-order chi connectivity index (χ0) is 17.8. The van der Waals surface area contributed by atoms with Crippen molar-refractivity contribution >= 4 is 17.8 Å². The van der Waals surface area contributed by atoms with Crippen LogP contribution in [0.5, 0.6) is 0 Å². The van der Waals surface area contributed by atoms with E-state index in [9.17, 15) is 14.4 Å². The molecule has 6 heteroatoms. The van der Waals surface area contributed by atoms with Crippen LogP contribution in [0.1, 0.15) is 70.6 Å². The molecule has 3 aliphatic rings. The molecule has 0 bridgehead atoms. The summed E-state index contributed by atoms with van der Waals surface area (Å²) in [7, 11) is 0. The molecular weight excluding hydrogens is 320 g/mol. The van der Waals surface area contributed by atoms with E-state index in [2.05, 4.69) is 5.32 Å². The average Bonchev–Trinajstić information content (AvgIpc) is 2.81. The maximum absolute atomic E-state index is 12.6. The monoisotopic (exact) mass is 350 g/mol. The summed E-state index contributed by atoms with van der Waals surface area (Å²) >= 11 is 0. The van der Waals surface area contributed by atoms with Gasteiger partial charge < -0.3 is 15.3 Å². The minimum Gasteiger partial charge on any atom is -0.481 e. The van der Waals surface area contributed by atoms with Crippen LogP contribution in [0.25, 0.3) is 0 Å². The summed E-state index contributed by atoms with van der Waals surface area (Å²) in [4.78, 5) is 37.9. The summed E-state index contributed by atoms with van der Waals surface area (Å²) in [5, 5.41) is 12.1. The Morgan fingerprint density at radius 3 is 2.16 bits per heavy atom. The Morgan fingerprint density at radius 1 is 0.920 bits per heavy atom. The Morgan fingerprint density at radius 2 is 1.56 bits per heavy atom. The number of likely N-dealkylation sites (tertiary alicyclic amines) is 1. The Labute approximate surface area is 149 Å². The predicted octanol–water partition coefficient (Wildman–Crippen LogP) is 2.32. The van der Waals surface area contributed by atoms with Gasteiger partial charge in [-0.15, -0.1) is 0 Å². The number of rotatable bonds is 4. The summed E-state index contributed by atoms with van der Waals surface area (Å²) in [6.07, 6.45) is 10.0. The number of carbonyl (C=O) groups excluding carboxylic acids is 2. The predicted molar refractivity (Wildman–Crippen MR) is 92.8 cm³/mol. The first kappa shape index (κ1) is 18.2. The zero-order valence-electron chi connectivity index (χ0n) is 14.9. The van der Waals surface area contributed by atoms with Crippen LogP contribution in [-0.4, -0.2) is 46.4 Å². The minimum absolute atomic E-state index is 0.0248. The lowest BCUT2D eigenvalue weighted by atomic mass is 9.86. The number of carboxylic acids is 1. The maximum Gasteiger partial charge on any atom is 0.306 e. The second-order valence-electron chi connectivity index (χ2n) is 7.99. The highest BCUT2D eigenvalue weighted by Crippen LogP contribution is 2.29. The first-order valence-corrected chi connectivity index (χ1v) is 9.87. The summed E-state index contributed by atoms with van der Waals surface area (Å²) in [5.41, 5.74) is 0. The molecule has 2 amide bonds. The van der Waals surface area contributed by atoms with E-state index < -0.39 is 5.97 Å². The van der Waals surface area contributed by atoms with Crippen LogP contribution in [0.3, 0.4) is 0 Å². The van der Waals surface area contributed by atoms with Gasteiger partial charge in [0.25, 0.3) is 0 Å². The van der Waals surface area contributed by atoms with Gasteiger partial charge in [0.15, 0.2) is 0 Å². The minimum atomic E-state index is -0.731. The van der Waals surface area contributed by atoms with E-state index in [-0.39, 0.29) is 29.7 Å². The van der Waals surface area contributed by atoms with Crippen molar-refractivity contribution < 1.29 is 19.5 Å². The highest BCUT2D eigenvalue weighted by molar-refractivity contribution is 5.89. The lowest BCUT2D eigenvalue weighted by Crippen LogP contribution is -2.43. The molecule has 1 aliphatic heterocycles. The molecule has 1 heterocycles. The summed E-state index contributed by atoms with van der Waals surface area (Å²) < 4.78 is 0. The smallest absolute Gasteiger partial charge is 0.306 e. The maximum atomic E-state index is 12.6. The fraction of sp³-hybridized carbons (Fsp3) is 0.842. The van der Waals surface area contributed by atoms with Gasteiger partial charge in [-0.25, -0.2) is 0 Å². The van der Waals surface area contributed by atoms with E-state index >= 15 is 0 Å². The number of amides is 2. The molecule has 0 aromatic rings. The second-order valence-corrected chi connectivity index (χ2v) is 7.99. The number of nitrogens with one attached hydrogen (secondary N) is 1. The van der Waals surface area contributed by atoms with Gasteiger partial charge in [0.1, 0.15) is 0 Å². The average molecular weight is 350 g/mol. The molecule has 2 N–H and O–H groups in total. The topological polar surface area (TPSA) is 86.7 Å². The van der Waals surface area contributed by atoms with Crippen LogP contribution in [0.15, 0.2) is 0 Å². The van der Waals surface area contributed by atoms with Crippen molar-refractivity contribution in [2.75, 3.05) is 6.54 Å². The van der Waals surface area contributed by atoms with Gasteiger partial charge in [0.05, 0.1) is 11.8 Å². The first-order chi connectivity index (χ1) is 12.0. The fourth-order valence-electron chi connectivity index (χ4n) is 4.63. The zero-order valence-corrected chi connectivity index (χ0v) is 14.9. The molecule has 1 atom stereocenters. The summed E-state index contributed by atoms with van der Waals surface area (Å²) in [6.45, 7) is 0.555. The van der Waals surface area contributed by atoms with E-state index in [1.807, 2.05) is 4.90 Å². The van der Waals surface area contributed by atoms with Crippen LogP contribution in [-0.2, 0) is 14.4 Å². The standard InChI is InChI=1S/C19H30N2O4/c22-17-11-14(12-21(17)16-5-3-1-2-4-6-16)18(23)20-15-9-7-13(8-10-15)19(24)25/h13-16H,1-12H2,(H,20,23)(H,24,25)/t13?,14-,15?/m0/s1. The number of nitrogens with zero attached hydrogens (tertiary/aromatic N) is 1. The van der Waals surface area contributed by atoms with Crippen molar-refractivity contribution in [3.63, 3.8) is 0 Å². The van der Waals surface area contributed by atoms with Crippen LogP contribution in [0.2, 0.25) is 0 Å². The lowest BCUT2D eigenvalue weighted by molar-refractivity contribution is -0.143. The molecule has 2 saturated carbocycles. The second kappa shape index (κ2) is 8.19. The molecule has 0 unspecified atom stereocenters. The van der Waals surface area contributed by atoms with Crippen LogP contribution >= 0.6 is 0 Å². The molecule has 0 radical (unpaired) electrons. The Balaban J connectivity index is 1.48. The van der Waals surface area contributed by atoms with Gasteiger partial charge >= 0.3 is 5.97 Å². The van der Waals surface area contributed by atoms with E-state index in [1.165, 1.54) is 25.7 Å². The Bertz CT molecular complexity index is 506. The van der Waals surface area contributed by atoms with Crippen LogP contribution < -0.4 is 5.32 Å².